The second-order valence-corrected chi connectivity index (χ2v) is 13.0. The third-order valence-electron chi connectivity index (χ3n) is 11.2. The molecule has 0 aromatic rings. The molecule has 4 aliphatic rings. The van der Waals surface area contributed by atoms with E-state index in [0.717, 1.165) is 12.8 Å². The largest absolute Gasteiger partial charge is 0.393 e. The van der Waals surface area contributed by atoms with Gasteiger partial charge in [-0.25, -0.2) is 0 Å². The van der Waals surface area contributed by atoms with Gasteiger partial charge in [0.05, 0.1) is 17.6 Å². The van der Waals surface area contributed by atoms with Crippen molar-refractivity contribution in [1.82, 2.24) is 0 Å². The molecule has 4 aliphatic carbocycles. The fourth-order valence-corrected chi connectivity index (χ4v) is 8.86. The van der Waals surface area contributed by atoms with E-state index in [1.54, 1.807) is 6.92 Å². The maximum absolute atomic E-state index is 13.3. The molecule has 0 saturated heterocycles. The first-order valence-electron chi connectivity index (χ1n) is 13.3. The zero-order valence-corrected chi connectivity index (χ0v) is 21.4. The number of fused-ring (bicyclic) bond motifs is 5. The van der Waals surface area contributed by atoms with Crippen molar-refractivity contribution in [3.8, 4) is 0 Å². The van der Waals surface area contributed by atoms with Crippen LogP contribution in [0.25, 0.3) is 0 Å². The summed E-state index contributed by atoms with van der Waals surface area (Å²) < 4.78 is 0. The van der Waals surface area contributed by atoms with Gasteiger partial charge in [0, 0.05) is 5.92 Å². The standard InChI is InChI=1S/C28H46O5/c1-15(2)16(3)7-8-17(4)19-9-10-20-18-13-23(31)28(33)12-11-21(29)25(32)27(28,6)24(18)22(30)14-26(19,20)5/h11-12,15-24,29-31,33H,7-10,13-14H2,1-6H3/t16?,17?,18-,19+,20?,21+,22?,23+,24?,26+,27-,28?/m0/s1. The lowest BCUT2D eigenvalue weighted by Crippen LogP contribution is -2.73. The summed E-state index contributed by atoms with van der Waals surface area (Å²) >= 11 is 0. The van der Waals surface area contributed by atoms with E-state index in [9.17, 15) is 25.2 Å². The number of hydrogen-bond donors (Lipinski definition) is 4. The van der Waals surface area contributed by atoms with E-state index >= 15 is 0 Å². The molecule has 5 nitrogen and oxygen atoms in total. The van der Waals surface area contributed by atoms with Crippen LogP contribution >= 0.6 is 0 Å². The van der Waals surface area contributed by atoms with Crippen molar-refractivity contribution in [2.24, 2.45) is 52.3 Å². The Morgan fingerprint density at radius 2 is 1.73 bits per heavy atom. The summed E-state index contributed by atoms with van der Waals surface area (Å²) in [5, 5.41) is 44.5. The molecule has 3 saturated carbocycles. The molecule has 33 heavy (non-hydrogen) atoms. The zero-order valence-electron chi connectivity index (χ0n) is 21.4. The average molecular weight is 463 g/mol. The van der Waals surface area contributed by atoms with Gasteiger partial charge < -0.3 is 20.4 Å². The fraction of sp³-hybridized carbons (Fsp3) is 0.893. The molecule has 188 valence electrons. The maximum Gasteiger partial charge on any atom is 0.174 e. The van der Waals surface area contributed by atoms with Crippen LogP contribution in [0.5, 0.6) is 0 Å². The first-order chi connectivity index (χ1) is 15.3. The van der Waals surface area contributed by atoms with Crippen LogP contribution in [-0.2, 0) is 4.79 Å². The molecule has 4 N–H and O–H groups in total. The van der Waals surface area contributed by atoms with Crippen molar-refractivity contribution in [2.75, 3.05) is 0 Å². The Morgan fingerprint density at radius 3 is 2.36 bits per heavy atom. The lowest BCUT2D eigenvalue weighted by atomic mass is 9.42. The highest BCUT2D eigenvalue weighted by Gasteiger charge is 2.71. The highest BCUT2D eigenvalue weighted by Crippen LogP contribution is 2.68. The smallest absolute Gasteiger partial charge is 0.174 e. The Bertz CT molecular complexity index is 793. The monoisotopic (exact) mass is 462 g/mol. The Kier molecular flexibility index (Phi) is 6.47. The summed E-state index contributed by atoms with van der Waals surface area (Å²) in [5.41, 5.74) is -3.20. The molecule has 0 aromatic heterocycles. The first kappa shape index (κ1) is 25.3. The maximum atomic E-state index is 13.3. The van der Waals surface area contributed by atoms with E-state index in [1.807, 2.05) is 0 Å². The van der Waals surface area contributed by atoms with Crippen molar-refractivity contribution in [1.29, 1.82) is 0 Å². The van der Waals surface area contributed by atoms with Crippen LogP contribution in [0.15, 0.2) is 12.2 Å². The van der Waals surface area contributed by atoms with Gasteiger partial charge in [0.1, 0.15) is 11.7 Å². The lowest BCUT2D eigenvalue weighted by Gasteiger charge is -2.64. The molecule has 0 spiro atoms. The molecule has 4 rings (SSSR count). The minimum Gasteiger partial charge on any atom is -0.393 e. The predicted molar refractivity (Wildman–Crippen MR) is 128 cm³/mol. The third kappa shape index (κ3) is 3.51. The van der Waals surface area contributed by atoms with Gasteiger partial charge in [-0.3, -0.25) is 4.79 Å². The van der Waals surface area contributed by atoms with E-state index in [1.165, 1.54) is 25.0 Å². The molecular weight excluding hydrogens is 416 g/mol. The molecule has 0 heterocycles. The van der Waals surface area contributed by atoms with E-state index in [0.29, 0.717) is 42.4 Å². The molecule has 0 aliphatic heterocycles. The summed E-state index contributed by atoms with van der Waals surface area (Å²) in [6, 6.07) is 0. The highest BCUT2D eigenvalue weighted by molar-refractivity contribution is 5.93. The second kappa shape index (κ2) is 8.43. The predicted octanol–water partition coefficient (Wildman–Crippen LogP) is 3.73. The summed E-state index contributed by atoms with van der Waals surface area (Å²) in [5.74, 6) is 1.76. The van der Waals surface area contributed by atoms with Gasteiger partial charge in [0.25, 0.3) is 0 Å². The van der Waals surface area contributed by atoms with Gasteiger partial charge in [0.15, 0.2) is 5.78 Å². The van der Waals surface area contributed by atoms with Crippen LogP contribution in [0.1, 0.15) is 80.1 Å². The molecule has 0 bridgehead atoms. The molecule has 5 heteroatoms. The van der Waals surface area contributed by atoms with Gasteiger partial charge >= 0.3 is 0 Å². The van der Waals surface area contributed by atoms with Gasteiger partial charge in [-0.1, -0.05) is 53.5 Å². The Labute approximate surface area is 199 Å². The molecule has 12 atom stereocenters. The summed E-state index contributed by atoms with van der Waals surface area (Å²) in [6.45, 7) is 13.3. The van der Waals surface area contributed by atoms with E-state index < -0.39 is 41.0 Å². The molecule has 0 aromatic carbocycles. The molecule has 0 radical (unpaired) electrons. The van der Waals surface area contributed by atoms with Crippen molar-refractivity contribution in [3.63, 3.8) is 0 Å². The Morgan fingerprint density at radius 1 is 1.06 bits per heavy atom. The normalized spacial score (nSPS) is 51.1. The number of aliphatic hydroxyl groups is 4. The topological polar surface area (TPSA) is 98.0 Å². The SMILES string of the molecule is CC(C)C(C)CCC(C)[C@H]1CCC2[C@@H]3C[C@@H](O)C4(O)C=C[C@@H](O)C(=O)[C@]4(C)C3C(O)C[C@@]21C. The molecule has 6 unspecified atom stereocenters. The number of carbonyl (C=O) groups excluding carboxylic acids is 1. The summed E-state index contributed by atoms with van der Waals surface area (Å²) in [7, 11) is 0. The van der Waals surface area contributed by atoms with E-state index in [-0.39, 0.29) is 11.3 Å². The Hall–Kier alpha value is -0.750. The Balaban J connectivity index is 1.63. The van der Waals surface area contributed by atoms with Crippen molar-refractivity contribution < 1.29 is 25.2 Å². The fourth-order valence-electron chi connectivity index (χ4n) is 8.86. The zero-order chi connectivity index (χ0) is 24.5. The van der Waals surface area contributed by atoms with Crippen LogP contribution < -0.4 is 0 Å². The van der Waals surface area contributed by atoms with E-state index in [2.05, 4.69) is 34.6 Å². The van der Waals surface area contributed by atoms with Gasteiger partial charge in [-0.15, -0.1) is 0 Å². The third-order valence-corrected chi connectivity index (χ3v) is 11.2. The first-order valence-corrected chi connectivity index (χ1v) is 13.3. The second-order valence-electron chi connectivity index (χ2n) is 13.0. The molecule has 0 amide bonds. The van der Waals surface area contributed by atoms with Gasteiger partial charge in [0.2, 0.25) is 0 Å². The number of hydrogen-bond acceptors (Lipinski definition) is 5. The highest BCUT2D eigenvalue weighted by atomic mass is 16.3. The summed E-state index contributed by atoms with van der Waals surface area (Å²) in [6.07, 6.45) is 5.11. The number of carbonyl (C=O) groups is 1. The average Bonchev–Trinajstić information content (AvgIpc) is 3.08. The number of aliphatic hydroxyl groups excluding tert-OH is 3. The number of ketones is 1. The van der Waals surface area contributed by atoms with Crippen molar-refractivity contribution in [2.45, 2.75) is 104 Å². The quantitative estimate of drug-likeness (QED) is 0.467. The minimum atomic E-state index is -1.75. The number of rotatable bonds is 5. The lowest BCUT2D eigenvalue weighted by molar-refractivity contribution is -0.241. The van der Waals surface area contributed by atoms with Gasteiger partial charge in [-0.05, 0) is 79.6 Å². The molecular formula is C28H46O5. The van der Waals surface area contributed by atoms with Gasteiger partial charge in [-0.2, -0.15) is 0 Å². The van der Waals surface area contributed by atoms with Crippen molar-refractivity contribution in [3.05, 3.63) is 12.2 Å². The van der Waals surface area contributed by atoms with E-state index in [4.69, 9.17) is 0 Å². The van der Waals surface area contributed by atoms with Crippen LogP contribution in [0.3, 0.4) is 0 Å². The summed E-state index contributed by atoms with van der Waals surface area (Å²) in [4.78, 5) is 13.3. The van der Waals surface area contributed by atoms with Crippen molar-refractivity contribution >= 4 is 5.78 Å². The van der Waals surface area contributed by atoms with Crippen LogP contribution in [0.2, 0.25) is 0 Å². The van der Waals surface area contributed by atoms with Crippen LogP contribution in [-0.4, -0.2) is 50.1 Å². The van der Waals surface area contributed by atoms with Crippen LogP contribution in [0.4, 0.5) is 0 Å². The van der Waals surface area contributed by atoms with Crippen LogP contribution in [0, 0.1) is 52.3 Å². The minimum absolute atomic E-state index is 0.0429. The number of Topliss-reactive ketones (excluding diaryl/α,β-unsaturated/α-hetero) is 1. The molecule has 3 fully saturated rings.